The highest BCUT2D eigenvalue weighted by atomic mass is 16.4. The van der Waals surface area contributed by atoms with Crippen LogP contribution in [0.3, 0.4) is 0 Å². The normalized spacial score (nSPS) is 45.3. The van der Waals surface area contributed by atoms with Crippen LogP contribution < -0.4 is 0 Å². The predicted octanol–water partition coefficient (Wildman–Crippen LogP) is 2.62. The first-order chi connectivity index (χ1) is 9.06. The zero-order chi connectivity index (χ0) is 13.6. The lowest BCUT2D eigenvalue weighted by Gasteiger charge is -2.36. The maximum Gasteiger partial charge on any atom is 0.306 e. The van der Waals surface area contributed by atoms with Crippen molar-refractivity contribution in [2.75, 3.05) is 0 Å². The highest BCUT2D eigenvalue weighted by Crippen LogP contribution is 2.56. The minimum Gasteiger partial charge on any atom is -0.481 e. The summed E-state index contributed by atoms with van der Waals surface area (Å²) in [7, 11) is 0. The van der Waals surface area contributed by atoms with Crippen LogP contribution in [0.5, 0.6) is 0 Å². The Morgan fingerprint density at radius 3 is 2.00 bits per heavy atom. The van der Waals surface area contributed by atoms with Gasteiger partial charge in [0.1, 0.15) is 0 Å². The molecule has 6 atom stereocenters. The Morgan fingerprint density at radius 2 is 1.32 bits per heavy atom. The fraction of sp³-hybridized carbons (Fsp3) is 0.867. The van der Waals surface area contributed by atoms with E-state index in [2.05, 4.69) is 0 Å². The number of hydrogen-bond acceptors (Lipinski definition) is 2. The molecular formula is C15H22O4. The van der Waals surface area contributed by atoms with Gasteiger partial charge in [-0.15, -0.1) is 0 Å². The van der Waals surface area contributed by atoms with Gasteiger partial charge >= 0.3 is 11.9 Å². The van der Waals surface area contributed by atoms with E-state index in [4.69, 9.17) is 5.11 Å². The molecule has 4 nitrogen and oxygen atoms in total. The number of hydrogen-bond donors (Lipinski definition) is 2. The number of fused-ring (bicyclic) bond motifs is 3. The van der Waals surface area contributed by atoms with Crippen LogP contribution in [-0.2, 0) is 9.59 Å². The van der Waals surface area contributed by atoms with Crippen molar-refractivity contribution in [3.8, 4) is 0 Å². The predicted molar refractivity (Wildman–Crippen MR) is 68.5 cm³/mol. The molecule has 2 N–H and O–H groups in total. The first-order valence-corrected chi connectivity index (χ1v) is 7.52. The van der Waals surface area contributed by atoms with Crippen molar-refractivity contribution >= 4 is 11.9 Å². The number of aliphatic carboxylic acids is 2. The topological polar surface area (TPSA) is 74.6 Å². The Labute approximate surface area is 113 Å². The average molecular weight is 266 g/mol. The van der Waals surface area contributed by atoms with Crippen LogP contribution in [0.1, 0.15) is 44.9 Å². The van der Waals surface area contributed by atoms with Crippen molar-refractivity contribution in [1.29, 1.82) is 0 Å². The molecule has 3 fully saturated rings. The molecule has 0 heterocycles. The molecule has 3 aliphatic carbocycles. The summed E-state index contributed by atoms with van der Waals surface area (Å²) in [5, 5.41) is 18.3. The van der Waals surface area contributed by atoms with Crippen molar-refractivity contribution in [2.45, 2.75) is 44.9 Å². The minimum atomic E-state index is -0.642. The summed E-state index contributed by atoms with van der Waals surface area (Å²) in [4.78, 5) is 22.3. The van der Waals surface area contributed by atoms with Crippen LogP contribution >= 0.6 is 0 Å². The monoisotopic (exact) mass is 266 g/mol. The molecule has 19 heavy (non-hydrogen) atoms. The number of rotatable bonds is 2. The zero-order valence-electron chi connectivity index (χ0n) is 11.1. The second kappa shape index (κ2) is 4.80. The van der Waals surface area contributed by atoms with Gasteiger partial charge in [0.2, 0.25) is 0 Å². The molecule has 3 rings (SSSR count). The lowest BCUT2D eigenvalue weighted by molar-refractivity contribution is -0.144. The van der Waals surface area contributed by atoms with E-state index in [1.54, 1.807) is 0 Å². The first-order valence-electron chi connectivity index (χ1n) is 7.52. The summed E-state index contributed by atoms with van der Waals surface area (Å²) >= 11 is 0. The fourth-order valence-electron chi connectivity index (χ4n) is 5.04. The van der Waals surface area contributed by atoms with E-state index < -0.39 is 11.9 Å². The molecule has 0 spiro atoms. The van der Waals surface area contributed by atoms with Crippen molar-refractivity contribution in [1.82, 2.24) is 0 Å². The highest BCUT2D eigenvalue weighted by molar-refractivity contribution is 5.70. The summed E-state index contributed by atoms with van der Waals surface area (Å²) in [5.41, 5.74) is 0. The van der Waals surface area contributed by atoms with E-state index in [0.717, 1.165) is 44.9 Å². The van der Waals surface area contributed by atoms with Crippen LogP contribution in [0.2, 0.25) is 0 Å². The number of carboxylic acid groups (broad SMARTS) is 2. The van der Waals surface area contributed by atoms with Gasteiger partial charge in [-0.3, -0.25) is 9.59 Å². The smallest absolute Gasteiger partial charge is 0.306 e. The Balaban J connectivity index is 1.69. The lowest BCUT2D eigenvalue weighted by atomic mass is 9.69. The molecule has 0 saturated heterocycles. The third-order valence-electron chi connectivity index (χ3n) is 5.94. The van der Waals surface area contributed by atoms with E-state index in [-0.39, 0.29) is 11.8 Å². The molecular weight excluding hydrogens is 244 g/mol. The summed E-state index contributed by atoms with van der Waals surface area (Å²) in [6.45, 7) is 0. The van der Waals surface area contributed by atoms with Gasteiger partial charge in [-0.25, -0.2) is 0 Å². The van der Waals surface area contributed by atoms with Crippen LogP contribution in [0, 0.1) is 35.5 Å². The lowest BCUT2D eigenvalue weighted by Crippen LogP contribution is -2.32. The largest absolute Gasteiger partial charge is 0.481 e. The van der Waals surface area contributed by atoms with Gasteiger partial charge in [0.25, 0.3) is 0 Å². The molecule has 3 saturated carbocycles. The van der Waals surface area contributed by atoms with Crippen LogP contribution in [-0.4, -0.2) is 22.2 Å². The van der Waals surface area contributed by atoms with Gasteiger partial charge in [-0.1, -0.05) is 0 Å². The maximum absolute atomic E-state index is 11.2. The van der Waals surface area contributed by atoms with Gasteiger partial charge in [0.15, 0.2) is 0 Å². The van der Waals surface area contributed by atoms with Gasteiger partial charge in [-0.2, -0.15) is 0 Å². The van der Waals surface area contributed by atoms with E-state index in [9.17, 15) is 14.7 Å². The number of carboxylic acids is 2. The van der Waals surface area contributed by atoms with Gasteiger partial charge in [0.05, 0.1) is 11.8 Å². The van der Waals surface area contributed by atoms with E-state index in [1.165, 1.54) is 0 Å². The number of carbonyl (C=O) groups is 2. The summed E-state index contributed by atoms with van der Waals surface area (Å²) < 4.78 is 0. The molecule has 4 heteroatoms. The second-order valence-electron chi connectivity index (χ2n) is 6.78. The summed E-state index contributed by atoms with van der Waals surface area (Å²) in [5.74, 6) is 0.764. The van der Waals surface area contributed by atoms with Gasteiger partial charge in [0, 0.05) is 0 Å². The molecule has 3 aliphatic rings. The molecule has 0 radical (unpaired) electrons. The van der Waals surface area contributed by atoms with Crippen molar-refractivity contribution in [3.63, 3.8) is 0 Å². The van der Waals surface area contributed by atoms with Crippen molar-refractivity contribution in [3.05, 3.63) is 0 Å². The highest BCUT2D eigenvalue weighted by Gasteiger charge is 2.49. The third-order valence-corrected chi connectivity index (χ3v) is 5.94. The van der Waals surface area contributed by atoms with Gasteiger partial charge in [-0.05, 0) is 68.6 Å². The molecule has 106 valence electrons. The Morgan fingerprint density at radius 1 is 0.684 bits per heavy atom. The van der Waals surface area contributed by atoms with E-state index >= 15 is 0 Å². The van der Waals surface area contributed by atoms with Crippen LogP contribution in [0.25, 0.3) is 0 Å². The fourth-order valence-corrected chi connectivity index (χ4v) is 5.04. The second-order valence-corrected chi connectivity index (χ2v) is 6.78. The van der Waals surface area contributed by atoms with Crippen molar-refractivity contribution in [2.24, 2.45) is 35.5 Å². The Bertz CT molecular complexity index is 392. The Kier molecular flexibility index (Phi) is 3.27. The van der Waals surface area contributed by atoms with Crippen molar-refractivity contribution < 1.29 is 19.8 Å². The standard InChI is InChI=1S/C15H22O4/c16-14(17)9-3-4-12-11(6-9)5-8-1-2-10(15(18)19)7-13(8)12/h8-13H,1-7H2,(H,16,17)(H,18,19). The summed E-state index contributed by atoms with van der Waals surface area (Å²) in [6.07, 6.45) is 6.44. The molecule has 0 aromatic carbocycles. The minimum absolute atomic E-state index is 0.155. The first kappa shape index (κ1) is 12.9. The zero-order valence-corrected chi connectivity index (χ0v) is 11.1. The molecule has 0 aliphatic heterocycles. The maximum atomic E-state index is 11.2. The molecule has 0 amide bonds. The third kappa shape index (κ3) is 2.26. The van der Waals surface area contributed by atoms with Crippen LogP contribution in [0.15, 0.2) is 0 Å². The molecule has 0 aromatic rings. The summed E-state index contributed by atoms with van der Waals surface area (Å²) in [6, 6.07) is 0. The average Bonchev–Trinajstić information content (AvgIpc) is 2.74. The Hall–Kier alpha value is -1.06. The van der Waals surface area contributed by atoms with E-state index in [1.807, 2.05) is 0 Å². The molecule has 6 unspecified atom stereocenters. The van der Waals surface area contributed by atoms with Gasteiger partial charge < -0.3 is 10.2 Å². The molecule has 0 aromatic heterocycles. The van der Waals surface area contributed by atoms with Crippen LogP contribution in [0.4, 0.5) is 0 Å². The quantitative estimate of drug-likeness (QED) is 0.805. The SMILES string of the molecule is O=C(O)C1CCC2C(C1)CC1CCC(C(=O)O)CC12. The van der Waals surface area contributed by atoms with E-state index in [0.29, 0.717) is 23.7 Å². The molecule has 0 bridgehead atoms.